The lowest BCUT2D eigenvalue weighted by Crippen LogP contribution is -2.28. The molecule has 114 valence electrons. The minimum atomic E-state index is -0.131. The lowest BCUT2D eigenvalue weighted by molar-refractivity contribution is -0.119. The van der Waals surface area contributed by atoms with E-state index >= 15 is 0 Å². The summed E-state index contributed by atoms with van der Waals surface area (Å²) in [5.41, 5.74) is 6.30. The van der Waals surface area contributed by atoms with Crippen LogP contribution < -0.4 is 11.1 Å². The molecule has 1 aromatic rings. The van der Waals surface area contributed by atoms with Gasteiger partial charge < -0.3 is 16.0 Å². The number of nitrogens with two attached hydrogens (primary N) is 1. The van der Waals surface area contributed by atoms with Crippen molar-refractivity contribution >= 4 is 11.6 Å². The van der Waals surface area contributed by atoms with Crippen molar-refractivity contribution in [2.45, 2.75) is 33.7 Å². The minimum Gasteiger partial charge on any atom is -0.330 e. The van der Waals surface area contributed by atoms with E-state index in [0.29, 0.717) is 6.54 Å². The predicted molar refractivity (Wildman–Crippen MR) is 81.5 cm³/mol. The molecule has 0 saturated heterocycles. The van der Waals surface area contributed by atoms with E-state index in [1.165, 1.54) is 0 Å². The lowest BCUT2D eigenvalue weighted by atomic mass is 10.1. The molecule has 1 rings (SSSR count). The number of carbonyl (C=O) groups is 1. The average Bonchev–Trinajstić information content (AvgIpc) is 2.89. The van der Waals surface area contributed by atoms with Gasteiger partial charge in [0.05, 0.1) is 24.3 Å². The third kappa shape index (κ3) is 4.94. The standard InChI is InChI=1S/C14H27N5O/c1-4-12(9-15)14(20)17-13-10-16-19(11-13)8-7-18(5-2)6-3/h10-12H,4-9,15H2,1-3H3,(H,17,20). The summed E-state index contributed by atoms with van der Waals surface area (Å²) in [4.78, 5) is 14.2. The number of carbonyl (C=O) groups excluding carboxylic acids is 1. The number of anilines is 1. The van der Waals surface area contributed by atoms with Crippen LogP contribution in [0.4, 0.5) is 5.69 Å². The number of aromatic nitrogens is 2. The molecule has 0 fully saturated rings. The molecule has 1 heterocycles. The maximum atomic E-state index is 11.9. The minimum absolute atomic E-state index is 0.0294. The van der Waals surface area contributed by atoms with E-state index in [0.717, 1.165) is 38.3 Å². The third-order valence-electron chi connectivity index (χ3n) is 3.59. The quantitative estimate of drug-likeness (QED) is 0.712. The van der Waals surface area contributed by atoms with Crippen molar-refractivity contribution in [1.29, 1.82) is 0 Å². The van der Waals surface area contributed by atoms with Crippen LogP contribution in [0, 0.1) is 5.92 Å². The van der Waals surface area contributed by atoms with Crippen LogP contribution in [0.25, 0.3) is 0 Å². The highest BCUT2D eigenvalue weighted by Crippen LogP contribution is 2.09. The van der Waals surface area contributed by atoms with E-state index in [2.05, 4.69) is 29.2 Å². The van der Waals surface area contributed by atoms with Gasteiger partial charge >= 0.3 is 0 Å². The molecule has 1 atom stereocenters. The second kappa shape index (κ2) is 8.71. The van der Waals surface area contributed by atoms with Gasteiger partial charge in [0.25, 0.3) is 0 Å². The van der Waals surface area contributed by atoms with Gasteiger partial charge in [-0.05, 0) is 19.5 Å². The fourth-order valence-electron chi connectivity index (χ4n) is 2.04. The molecule has 1 aromatic heterocycles. The summed E-state index contributed by atoms with van der Waals surface area (Å²) >= 11 is 0. The number of likely N-dealkylation sites (N-methyl/N-ethyl adjacent to an activating group) is 1. The van der Waals surface area contributed by atoms with Gasteiger partial charge in [-0.25, -0.2) is 0 Å². The Bertz CT molecular complexity index is 396. The fourth-order valence-corrected chi connectivity index (χ4v) is 2.04. The van der Waals surface area contributed by atoms with Gasteiger partial charge in [-0.15, -0.1) is 0 Å². The molecule has 0 aliphatic heterocycles. The second-order valence-corrected chi connectivity index (χ2v) is 4.85. The van der Waals surface area contributed by atoms with Crippen LogP contribution >= 0.6 is 0 Å². The summed E-state index contributed by atoms with van der Waals surface area (Å²) in [6, 6.07) is 0. The Balaban J connectivity index is 2.49. The first kappa shape index (κ1) is 16.7. The van der Waals surface area contributed by atoms with E-state index in [4.69, 9.17) is 5.73 Å². The maximum Gasteiger partial charge on any atom is 0.228 e. The van der Waals surface area contributed by atoms with Crippen molar-refractivity contribution in [3.63, 3.8) is 0 Å². The largest absolute Gasteiger partial charge is 0.330 e. The molecule has 0 aliphatic carbocycles. The molecular formula is C14H27N5O. The number of hydrogen-bond acceptors (Lipinski definition) is 4. The molecule has 1 unspecified atom stereocenters. The Kier molecular flexibility index (Phi) is 7.25. The molecule has 0 spiro atoms. The Morgan fingerprint density at radius 1 is 1.45 bits per heavy atom. The SMILES string of the molecule is CCC(CN)C(=O)Nc1cnn(CCN(CC)CC)c1. The fraction of sp³-hybridized carbons (Fsp3) is 0.714. The van der Waals surface area contributed by atoms with Gasteiger partial charge in [0, 0.05) is 19.3 Å². The number of amides is 1. The van der Waals surface area contributed by atoms with Crippen LogP contribution in [-0.2, 0) is 11.3 Å². The molecule has 0 bridgehead atoms. The second-order valence-electron chi connectivity index (χ2n) is 4.85. The van der Waals surface area contributed by atoms with Gasteiger partial charge in [0.1, 0.15) is 0 Å². The topological polar surface area (TPSA) is 76.2 Å². The molecule has 0 aromatic carbocycles. The highest BCUT2D eigenvalue weighted by atomic mass is 16.1. The molecule has 0 aliphatic rings. The van der Waals surface area contributed by atoms with Crippen molar-refractivity contribution in [3.05, 3.63) is 12.4 Å². The summed E-state index contributed by atoms with van der Waals surface area (Å²) in [6.45, 7) is 10.5. The predicted octanol–water partition coefficient (Wildman–Crippen LogP) is 1.15. The molecule has 6 nitrogen and oxygen atoms in total. The Morgan fingerprint density at radius 2 is 2.15 bits per heavy atom. The summed E-state index contributed by atoms with van der Waals surface area (Å²) in [7, 11) is 0. The molecule has 1 amide bonds. The van der Waals surface area contributed by atoms with Crippen molar-refractivity contribution in [2.75, 3.05) is 31.5 Å². The van der Waals surface area contributed by atoms with Crippen LogP contribution in [-0.4, -0.2) is 46.8 Å². The average molecular weight is 281 g/mol. The molecule has 6 heteroatoms. The molecule has 3 N–H and O–H groups in total. The third-order valence-corrected chi connectivity index (χ3v) is 3.59. The zero-order chi connectivity index (χ0) is 15.0. The van der Waals surface area contributed by atoms with E-state index in [-0.39, 0.29) is 11.8 Å². The van der Waals surface area contributed by atoms with Crippen molar-refractivity contribution in [1.82, 2.24) is 14.7 Å². The van der Waals surface area contributed by atoms with Gasteiger partial charge in [0.2, 0.25) is 5.91 Å². The number of nitrogens with zero attached hydrogens (tertiary/aromatic N) is 3. The van der Waals surface area contributed by atoms with E-state index in [1.54, 1.807) is 6.20 Å². The molecular weight excluding hydrogens is 254 g/mol. The van der Waals surface area contributed by atoms with E-state index in [1.807, 2.05) is 17.8 Å². The van der Waals surface area contributed by atoms with Gasteiger partial charge in [0.15, 0.2) is 0 Å². The number of nitrogens with one attached hydrogen (secondary N) is 1. The van der Waals surface area contributed by atoms with Crippen LogP contribution in [0.3, 0.4) is 0 Å². The lowest BCUT2D eigenvalue weighted by Gasteiger charge is -2.17. The van der Waals surface area contributed by atoms with Gasteiger partial charge in [-0.2, -0.15) is 5.10 Å². The van der Waals surface area contributed by atoms with E-state index < -0.39 is 0 Å². The molecule has 0 saturated carbocycles. The zero-order valence-corrected chi connectivity index (χ0v) is 12.8. The summed E-state index contributed by atoms with van der Waals surface area (Å²) < 4.78 is 1.86. The van der Waals surface area contributed by atoms with Crippen LogP contribution in [0.5, 0.6) is 0 Å². The van der Waals surface area contributed by atoms with Crippen molar-refractivity contribution < 1.29 is 4.79 Å². The number of hydrogen-bond donors (Lipinski definition) is 2. The molecule has 20 heavy (non-hydrogen) atoms. The Hall–Kier alpha value is -1.40. The van der Waals surface area contributed by atoms with Crippen LogP contribution in [0.1, 0.15) is 27.2 Å². The Labute approximate surface area is 121 Å². The zero-order valence-electron chi connectivity index (χ0n) is 12.8. The van der Waals surface area contributed by atoms with Crippen LogP contribution in [0.15, 0.2) is 12.4 Å². The van der Waals surface area contributed by atoms with Crippen LogP contribution in [0.2, 0.25) is 0 Å². The van der Waals surface area contributed by atoms with Crippen molar-refractivity contribution in [2.24, 2.45) is 11.7 Å². The summed E-state index contributed by atoms with van der Waals surface area (Å²) in [6.07, 6.45) is 4.30. The normalized spacial score (nSPS) is 12.7. The first-order valence-corrected chi connectivity index (χ1v) is 7.40. The summed E-state index contributed by atoms with van der Waals surface area (Å²) in [5.74, 6) is -0.160. The van der Waals surface area contributed by atoms with E-state index in [9.17, 15) is 4.79 Å². The number of rotatable bonds is 9. The first-order valence-electron chi connectivity index (χ1n) is 7.40. The van der Waals surface area contributed by atoms with Gasteiger partial charge in [-0.1, -0.05) is 20.8 Å². The maximum absolute atomic E-state index is 11.9. The monoisotopic (exact) mass is 281 g/mol. The highest BCUT2D eigenvalue weighted by molar-refractivity contribution is 5.92. The Morgan fingerprint density at radius 3 is 2.70 bits per heavy atom. The summed E-state index contributed by atoms with van der Waals surface area (Å²) in [5, 5.41) is 7.13. The smallest absolute Gasteiger partial charge is 0.228 e. The van der Waals surface area contributed by atoms with Crippen molar-refractivity contribution in [3.8, 4) is 0 Å². The first-order chi connectivity index (χ1) is 9.64. The highest BCUT2D eigenvalue weighted by Gasteiger charge is 2.15. The molecule has 0 radical (unpaired) electrons. The van der Waals surface area contributed by atoms with Gasteiger partial charge in [-0.3, -0.25) is 9.48 Å².